The predicted octanol–water partition coefficient (Wildman–Crippen LogP) is 8.76. The summed E-state index contributed by atoms with van der Waals surface area (Å²) in [5.74, 6) is 0.378. The molecule has 0 amide bonds. The molecule has 1 aliphatic heterocycles. The van der Waals surface area contributed by atoms with E-state index in [1.54, 1.807) is 0 Å². The molecule has 42 heavy (non-hydrogen) atoms. The summed E-state index contributed by atoms with van der Waals surface area (Å²) >= 11 is 0. The number of nitriles is 2. The van der Waals surface area contributed by atoms with E-state index in [0.29, 0.717) is 23.1 Å². The van der Waals surface area contributed by atoms with Crippen molar-refractivity contribution in [3.63, 3.8) is 0 Å². The molecular weight excluding hydrogens is 512 g/mol. The maximum absolute atomic E-state index is 10.5. The van der Waals surface area contributed by atoms with Gasteiger partial charge >= 0.3 is 0 Å². The summed E-state index contributed by atoms with van der Waals surface area (Å²) in [7, 11) is 0. The number of anilines is 1. The molecule has 202 valence electrons. The van der Waals surface area contributed by atoms with Gasteiger partial charge in [-0.2, -0.15) is 10.5 Å². The van der Waals surface area contributed by atoms with Gasteiger partial charge in [0, 0.05) is 39.9 Å². The van der Waals surface area contributed by atoms with Crippen LogP contribution in [0.4, 0.5) is 5.69 Å². The number of rotatable bonds is 3. The molecule has 4 nitrogen and oxygen atoms in total. The van der Waals surface area contributed by atoms with Gasteiger partial charge in [-0.3, -0.25) is 0 Å². The van der Waals surface area contributed by atoms with Crippen molar-refractivity contribution in [2.24, 2.45) is 5.92 Å². The Kier molecular flexibility index (Phi) is 5.76. The molecule has 0 radical (unpaired) electrons. The van der Waals surface area contributed by atoms with Crippen LogP contribution in [0.15, 0.2) is 102 Å². The first kappa shape index (κ1) is 24.7. The number of hydrogen-bond acceptors (Lipinski definition) is 3. The Balaban J connectivity index is 1.30. The molecule has 3 aromatic carbocycles. The van der Waals surface area contributed by atoms with Crippen molar-refractivity contribution < 1.29 is 0 Å². The molecule has 2 unspecified atom stereocenters. The third-order valence-corrected chi connectivity index (χ3v) is 9.45. The van der Waals surface area contributed by atoms with E-state index in [0.717, 1.165) is 66.5 Å². The quantitative estimate of drug-likeness (QED) is 0.243. The van der Waals surface area contributed by atoms with Gasteiger partial charge in [-0.05, 0) is 80.0 Å². The summed E-state index contributed by atoms with van der Waals surface area (Å²) < 4.78 is 2.29. The summed E-state index contributed by atoms with van der Waals surface area (Å²) in [5, 5.41) is 21.6. The van der Waals surface area contributed by atoms with Gasteiger partial charge in [0.05, 0.1) is 34.1 Å². The molecule has 8 rings (SSSR count). The molecule has 4 heteroatoms. The molecule has 0 saturated carbocycles. The van der Waals surface area contributed by atoms with Gasteiger partial charge in [0.25, 0.3) is 0 Å². The SMILES string of the molecule is N#Cc1ccc(-c2ccc(-n3c4c(c5ccccc53)C=CCC4)c(C#N)c2)c(N2C3=C(C=CCC3)C3C=CCCC32)c1. The second-order valence-corrected chi connectivity index (χ2v) is 11.7. The number of para-hydroxylation sites is 1. The first-order valence-corrected chi connectivity index (χ1v) is 15.0. The van der Waals surface area contributed by atoms with Crippen LogP contribution in [0.25, 0.3) is 33.8 Å². The van der Waals surface area contributed by atoms with Gasteiger partial charge in [0.2, 0.25) is 0 Å². The fourth-order valence-electron chi connectivity index (χ4n) is 7.66. The molecule has 4 aliphatic rings. The van der Waals surface area contributed by atoms with Crippen LogP contribution in [-0.4, -0.2) is 10.6 Å². The highest BCUT2D eigenvalue weighted by molar-refractivity contribution is 5.94. The lowest BCUT2D eigenvalue weighted by molar-refractivity contribution is 0.524. The number of fused-ring (bicyclic) bond motifs is 5. The smallest absolute Gasteiger partial charge is 0.101 e. The van der Waals surface area contributed by atoms with Crippen LogP contribution in [0, 0.1) is 28.6 Å². The largest absolute Gasteiger partial charge is 0.340 e. The second-order valence-electron chi connectivity index (χ2n) is 11.7. The van der Waals surface area contributed by atoms with Crippen LogP contribution in [0.2, 0.25) is 0 Å². The maximum atomic E-state index is 10.5. The van der Waals surface area contributed by atoms with Gasteiger partial charge in [-0.15, -0.1) is 0 Å². The van der Waals surface area contributed by atoms with Crippen molar-refractivity contribution in [2.75, 3.05) is 4.90 Å². The fraction of sp³-hybridized carbons (Fsp3) is 0.211. The van der Waals surface area contributed by atoms with Crippen molar-refractivity contribution in [3.05, 3.63) is 125 Å². The van der Waals surface area contributed by atoms with Gasteiger partial charge in [-0.25, -0.2) is 0 Å². The zero-order chi connectivity index (χ0) is 28.2. The standard InChI is InChI=1S/C38H30N4/c39-23-25-17-19-28(38(21-25)42-36-15-7-3-11-31(36)32-12-4-8-16-37(32)42)26-18-20-33(27(22-26)24-40)41-34-13-5-1-9-29(34)30-10-2-6-14-35(30)41/h1-5,9-13,17-22,31,36H,6-8,14-16H2. The molecule has 0 spiro atoms. The van der Waals surface area contributed by atoms with Crippen LogP contribution in [-0.2, 0) is 6.42 Å². The van der Waals surface area contributed by atoms with E-state index in [9.17, 15) is 10.5 Å². The lowest BCUT2D eigenvalue weighted by Crippen LogP contribution is -2.35. The van der Waals surface area contributed by atoms with Gasteiger partial charge in [0.15, 0.2) is 0 Å². The van der Waals surface area contributed by atoms with Crippen molar-refractivity contribution in [2.45, 2.75) is 44.6 Å². The van der Waals surface area contributed by atoms with E-state index in [-0.39, 0.29) is 0 Å². The highest BCUT2D eigenvalue weighted by Gasteiger charge is 2.41. The van der Waals surface area contributed by atoms with E-state index in [1.807, 2.05) is 12.1 Å². The Labute approximate surface area is 246 Å². The first-order chi connectivity index (χ1) is 20.8. The van der Waals surface area contributed by atoms with Crippen molar-refractivity contribution in [3.8, 4) is 29.0 Å². The predicted molar refractivity (Wildman–Crippen MR) is 169 cm³/mol. The van der Waals surface area contributed by atoms with Crippen LogP contribution in [0.1, 0.15) is 54.5 Å². The molecule has 1 aromatic heterocycles. The summed E-state index contributed by atoms with van der Waals surface area (Å²) in [6.07, 6.45) is 19.9. The molecule has 0 saturated heterocycles. The van der Waals surface area contributed by atoms with Gasteiger partial charge in [-0.1, -0.05) is 66.8 Å². The van der Waals surface area contributed by atoms with Crippen molar-refractivity contribution in [1.29, 1.82) is 10.5 Å². The van der Waals surface area contributed by atoms with Gasteiger partial charge < -0.3 is 9.47 Å². The number of hydrogen-bond donors (Lipinski definition) is 0. The number of aromatic nitrogens is 1. The maximum Gasteiger partial charge on any atom is 0.101 e. The first-order valence-electron chi connectivity index (χ1n) is 15.0. The zero-order valence-electron chi connectivity index (χ0n) is 23.4. The average Bonchev–Trinajstić information content (AvgIpc) is 3.57. The average molecular weight is 543 g/mol. The molecule has 2 heterocycles. The van der Waals surface area contributed by atoms with Gasteiger partial charge in [0.1, 0.15) is 6.07 Å². The fourth-order valence-corrected chi connectivity index (χ4v) is 7.66. The lowest BCUT2D eigenvalue weighted by Gasteiger charge is -2.35. The second kappa shape index (κ2) is 9.79. The molecule has 0 bridgehead atoms. The normalized spacial score (nSPS) is 20.3. The van der Waals surface area contributed by atoms with Crippen LogP contribution in [0.5, 0.6) is 0 Å². The molecule has 4 aromatic rings. The van der Waals surface area contributed by atoms with E-state index < -0.39 is 0 Å². The zero-order valence-corrected chi connectivity index (χ0v) is 23.4. The van der Waals surface area contributed by atoms with Crippen molar-refractivity contribution >= 4 is 22.7 Å². The van der Waals surface area contributed by atoms with E-state index in [2.05, 4.69) is 107 Å². The van der Waals surface area contributed by atoms with E-state index in [1.165, 1.54) is 27.9 Å². The number of nitrogens with zero attached hydrogens (tertiary/aromatic N) is 4. The van der Waals surface area contributed by atoms with E-state index in [4.69, 9.17) is 0 Å². The summed E-state index contributed by atoms with van der Waals surface area (Å²) in [6.45, 7) is 0. The van der Waals surface area contributed by atoms with Crippen molar-refractivity contribution in [1.82, 2.24) is 4.57 Å². The number of benzene rings is 3. The summed E-state index contributed by atoms with van der Waals surface area (Å²) in [6, 6.07) is 26.1. The Morgan fingerprint density at radius 3 is 2.57 bits per heavy atom. The minimum atomic E-state index is 0.343. The molecular formula is C38H30N4. The Morgan fingerprint density at radius 1 is 0.786 bits per heavy atom. The lowest BCUT2D eigenvalue weighted by atomic mass is 9.85. The van der Waals surface area contributed by atoms with Crippen LogP contribution >= 0.6 is 0 Å². The molecule has 0 fully saturated rings. The molecule has 0 N–H and O–H groups in total. The highest BCUT2D eigenvalue weighted by Crippen LogP contribution is 2.49. The monoisotopic (exact) mass is 542 g/mol. The Hall–Kier alpha value is -5.06. The topological polar surface area (TPSA) is 55.8 Å². The third kappa shape index (κ3) is 3.65. The number of allylic oxidation sites excluding steroid dienone is 5. The highest BCUT2D eigenvalue weighted by atomic mass is 15.2. The summed E-state index contributed by atoms with van der Waals surface area (Å²) in [5.41, 5.74) is 11.8. The Bertz CT molecular complexity index is 1980. The third-order valence-electron chi connectivity index (χ3n) is 9.45. The van der Waals surface area contributed by atoms with Crippen LogP contribution in [0.3, 0.4) is 0 Å². The molecule has 2 atom stereocenters. The van der Waals surface area contributed by atoms with Crippen LogP contribution < -0.4 is 4.90 Å². The minimum Gasteiger partial charge on any atom is -0.340 e. The minimum absolute atomic E-state index is 0.343. The summed E-state index contributed by atoms with van der Waals surface area (Å²) in [4.78, 5) is 2.53. The molecule has 3 aliphatic carbocycles. The van der Waals surface area contributed by atoms with E-state index >= 15 is 0 Å². The Morgan fingerprint density at radius 2 is 1.67 bits per heavy atom.